The van der Waals surface area contributed by atoms with Crippen molar-refractivity contribution in [3.63, 3.8) is 0 Å². The summed E-state index contributed by atoms with van der Waals surface area (Å²) in [6.45, 7) is 5.61. The number of rotatable bonds is 6. The lowest BCUT2D eigenvalue weighted by Crippen LogP contribution is -2.39. The van der Waals surface area contributed by atoms with E-state index in [-0.39, 0.29) is 12.6 Å². The van der Waals surface area contributed by atoms with Crippen LogP contribution in [0.5, 0.6) is 0 Å². The SMILES string of the molecule is CC(C)C(CO)N(C)CCc1ccc2c(c1)CCC2. The molecule has 0 aliphatic heterocycles. The Balaban J connectivity index is 1.91. The van der Waals surface area contributed by atoms with Gasteiger partial charge in [-0.1, -0.05) is 32.0 Å². The predicted octanol–water partition coefficient (Wildman–Crippen LogP) is 2.67. The van der Waals surface area contributed by atoms with Gasteiger partial charge in [0.25, 0.3) is 0 Å². The molecule has 19 heavy (non-hydrogen) atoms. The third-order valence-corrected chi connectivity index (χ3v) is 4.44. The fourth-order valence-electron chi connectivity index (χ4n) is 3.11. The fourth-order valence-corrected chi connectivity index (χ4v) is 3.11. The van der Waals surface area contributed by atoms with Gasteiger partial charge in [-0.25, -0.2) is 0 Å². The van der Waals surface area contributed by atoms with Crippen molar-refractivity contribution >= 4 is 0 Å². The first-order valence-electron chi connectivity index (χ1n) is 7.53. The Morgan fingerprint density at radius 1 is 1.21 bits per heavy atom. The van der Waals surface area contributed by atoms with E-state index < -0.39 is 0 Å². The Hall–Kier alpha value is -0.860. The Morgan fingerprint density at radius 3 is 2.63 bits per heavy atom. The molecule has 1 aliphatic carbocycles. The van der Waals surface area contributed by atoms with Crippen LogP contribution in [0.1, 0.15) is 37.0 Å². The van der Waals surface area contributed by atoms with Crippen LogP contribution in [0.3, 0.4) is 0 Å². The standard InChI is InChI=1S/C17H27NO/c1-13(2)17(12-19)18(3)10-9-14-7-8-15-5-4-6-16(15)11-14/h7-8,11,13,17,19H,4-6,9-10,12H2,1-3H3. The van der Waals surface area contributed by atoms with Crippen LogP contribution in [0.4, 0.5) is 0 Å². The van der Waals surface area contributed by atoms with Gasteiger partial charge in [0.2, 0.25) is 0 Å². The smallest absolute Gasteiger partial charge is 0.0589 e. The van der Waals surface area contributed by atoms with Crippen LogP contribution in [0.15, 0.2) is 18.2 Å². The lowest BCUT2D eigenvalue weighted by Gasteiger charge is -2.29. The molecular formula is C17H27NO. The molecule has 1 N–H and O–H groups in total. The largest absolute Gasteiger partial charge is 0.395 e. The Labute approximate surface area is 117 Å². The number of aryl methyl sites for hydroxylation is 2. The molecule has 1 aliphatic rings. The van der Waals surface area contributed by atoms with Gasteiger partial charge < -0.3 is 10.0 Å². The summed E-state index contributed by atoms with van der Waals surface area (Å²) in [4.78, 5) is 2.29. The minimum absolute atomic E-state index is 0.248. The highest BCUT2D eigenvalue weighted by atomic mass is 16.3. The Kier molecular flexibility index (Phi) is 5.00. The number of benzene rings is 1. The highest BCUT2D eigenvalue weighted by molar-refractivity contribution is 5.35. The van der Waals surface area contributed by atoms with Gasteiger partial charge in [0.15, 0.2) is 0 Å². The van der Waals surface area contributed by atoms with E-state index in [0.717, 1.165) is 13.0 Å². The van der Waals surface area contributed by atoms with Gasteiger partial charge in [0.1, 0.15) is 0 Å². The number of fused-ring (bicyclic) bond motifs is 1. The summed E-state index contributed by atoms with van der Waals surface area (Å²) in [6, 6.07) is 7.25. The van der Waals surface area contributed by atoms with E-state index in [1.54, 1.807) is 11.1 Å². The molecule has 1 atom stereocenters. The fraction of sp³-hybridized carbons (Fsp3) is 0.647. The van der Waals surface area contributed by atoms with Gasteiger partial charge >= 0.3 is 0 Å². The molecule has 106 valence electrons. The first-order chi connectivity index (χ1) is 9.11. The second kappa shape index (κ2) is 6.53. The average Bonchev–Trinajstić information content (AvgIpc) is 2.84. The van der Waals surface area contributed by atoms with Gasteiger partial charge in [-0.2, -0.15) is 0 Å². The van der Waals surface area contributed by atoms with E-state index in [4.69, 9.17) is 0 Å². The maximum Gasteiger partial charge on any atom is 0.0589 e. The molecule has 0 radical (unpaired) electrons. The minimum Gasteiger partial charge on any atom is -0.395 e. The summed E-state index contributed by atoms with van der Waals surface area (Å²) in [5, 5.41) is 9.45. The van der Waals surface area contributed by atoms with E-state index >= 15 is 0 Å². The summed E-state index contributed by atoms with van der Waals surface area (Å²) in [5.41, 5.74) is 4.54. The first kappa shape index (κ1) is 14.5. The number of hydrogen-bond donors (Lipinski definition) is 1. The summed E-state index contributed by atoms with van der Waals surface area (Å²) in [6.07, 6.45) is 4.91. The molecule has 2 rings (SSSR count). The lowest BCUT2D eigenvalue weighted by atomic mass is 10.0. The molecular weight excluding hydrogens is 234 g/mol. The molecule has 0 bridgehead atoms. The van der Waals surface area contributed by atoms with Crippen molar-refractivity contribution in [1.82, 2.24) is 4.90 Å². The maximum atomic E-state index is 9.45. The van der Waals surface area contributed by atoms with Crippen molar-refractivity contribution < 1.29 is 5.11 Å². The number of aliphatic hydroxyl groups is 1. The highest BCUT2D eigenvalue weighted by Crippen LogP contribution is 2.23. The second-order valence-corrected chi connectivity index (χ2v) is 6.18. The zero-order chi connectivity index (χ0) is 13.8. The van der Waals surface area contributed by atoms with Crippen molar-refractivity contribution in [3.8, 4) is 0 Å². The molecule has 0 saturated heterocycles. The molecule has 0 saturated carbocycles. The normalized spacial score (nSPS) is 16.1. The number of nitrogens with zero attached hydrogens (tertiary/aromatic N) is 1. The number of aliphatic hydroxyl groups excluding tert-OH is 1. The third-order valence-electron chi connectivity index (χ3n) is 4.44. The van der Waals surface area contributed by atoms with E-state index in [9.17, 15) is 5.11 Å². The van der Waals surface area contributed by atoms with Crippen molar-refractivity contribution in [1.29, 1.82) is 0 Å². The van der Waals surface area contributed by atoms with Crippen LogP contribution in [0, 0.1) is 5.92 Å². The van der Waals surface area contributed by atoms with Gasteiger partial charge in [0, 0.05) is 12.6 Å². The number of hydrogen-bond acceptors (Lipinski definition) is 2. The van der Waals surface area contributed by atoms with Gasteiger partial charge in [0.05, 0.1) is 6.61 Å². The van der Waals surface area contributed by atoms with Gasteiger partial charge in [-0.3, -0.25) is 0 Å². The summed E-state index contributed by atoms with van der Waals surface area (Å²) < 4.78 is 0. The molecule has 1 aromatic rings. The summed E-state index contributed by atoms with van der Waals surface area (Å²) in [5.74, 6) is 0.495. The molecule has 1 unspecified atom stereocenters. The molecule has 0 spiro atoms. The monoisotopic (exact) mass is 261 g/mol. The first-order valence-corrected chi connectivity index (χ1v) is 7.53. The molecule has 0 heterocycles. The minimum atomic E-state index is 0.248. The van der Waals surface area contributed by atoms with E-state index in [0.29, 0.717) is 5.92 Å². The molecule has 0 fully saturated rings. The molecule has 0 aromatic heterocycles. The lowest BCUT2D eigenvalue weighted by molar-refractivity contribution is 0.114. The highest BCUT2D eigenvalue weighted by Gasteiger charge is 2.17. The number of likely N-dealkylation sites (N-methyl/N-ethyl adjacent to an activating group) is 1. The Morgan fingerprint density at radius 2 is 1.95 bits per heavy atom. The van der Waals surface area contributed by atoms with Crippen molar-refractivity contribution in [2.24, 2.45) is 5.92 Å². The average molecular weight is 261 g/mol. The van der Waals surface area contributed by atoms with Crippen molar-refractivity contribution in [3.05, 3.63) is 34.9 Å². The zero-order valence-corrected chi connectivity index (χ0v) is 12.5. The molecule has 1 aromatic carbocycles. The van der Waals surface area contributed by atoms with Crippen LogP contribution in [-0.4, -0.2) is 36.2 Å². The van der Waals surface area contributed by atoms with Gasteiger partial charge in [-0.15, -0.1) is 0 Å². The molecule has 2 nitrogen and oxygen atoms in total. The van der Waals surface area contributed by atoms with Crippen LogP contribution in [0.2, 0.25) is 0 Å². The van der Waals surface area contributed by atoms with E-state index in [2.05, 4.69) is 44.0 Å². The van der Waals surface area contributed by atoms with E-state index in [1.807, 2.05) is 0 Å². The topological polar surface area (TPSA) is 23.5 Å². The van der Waals surface area contributed by atoms with E-state index in [1.165, 1.54) is 24.8 Å². The van der Waals surface area contributed by atoms with Gasteiger partial charge in [-0.05, 0) is 55.3 Å². The zero-order valence-electron chi connectivity index (χ0n) is 12.5. The Bertz CT molecular complexity index is 414. The molecule has 2 heteroatoms. The van der Waals surface area contributed by atoms with Crippen LogP contribution >= 0.6 is 0 Å². The van der Waals surface area contributed by atoms with Crippen LogP contribution in [0.25, 0.3) is 0 Å². The van der Waals surface area contributed by atoms with Crippen molar-refractivity contribution in [2.45, 2.75) is 45.6 Å². The summed E-state index contributed by atoms with van der Waals surface area (Å²) in [7, 11) is 2.12. The molecule has 0 amide bonds. The second-order valence-electron chi connectivity index (χ2n) is 6.18. The predicted molar refractivity (Wildman–Crippen MR) is 80.5 cm³/mol. The maximum absolute atomic E-state index is 9.45. The quantitative estimate of drug-likeness (QED) is 0.851. The summed E-state index contributed by atoms with van der Waals surface area (Å²) >= 11 is 0. The van der Waals surface area contributed by atoms with Crippen LogP contribution in [-0.2, 0) is 19.3 Å². The third kappa shape index (κ3) is 3.58. The van der Waals surface area contributed by atoms with Crippen LogP contribution < -0.4 is 0 Å². The van der Waals surface area contributed by atoms with Crippen molar-refractivity contribution in [2.75, 3.05) is 20.2 Å².